The topological polar surface area (TPSA) is 65.2 Å². The van der Waals surface area contributed by atoms with Gasteiger partial charge in [0.2, 0.25) is 5.95 Å². The highest BCUT2D eigenvalue weighted by atomic mass is 19.3. The molecule has 1 aromatic rings. The van der Waals surface area contributed by atoms with Crippen molar-refractivity contribution in [2.24, 2.45) is 5.73 Å². The molecule has 0 aliphatic carbocycles. The zero-order chi connectivity index (χ0) is 12.3. The molecule has 0 amide bonds. The molecule has 0 saturated carbocycles. The molecule has 0 fully saturated rings. The van der Waals surface area contributed by atoms with E-state index in [-0.39, 0.29) is 12.1 Å². The molecule has 0 radical (unpaired) electrons. The number of carbonyl (C=O) groups excluding carboxylic acids is 1. The molecule has 7 heteroatoms. The Morgan fingerprint density at radius 3 is 2.69 bits per heavy atom. The number of aromatic nitrogens is 1. The minimum absolute atomic E-state index is 0.0605. The van der Waals surface area contributed by atoms with E-state index in [0.29, 0.717) is 0 Å². The highest BCUT2D eigenvalue weighted by Crippen LogP contribution is 2.21. The van der Waals surface area contributed by atoms with Crippen molar-refractivity contribution >= 4 is 5.97 Å². The maximum absolute atomic E-state index is 13.3. The van der Waals surface area contributed by atoms with Gasteiger partial charge in [0.05, 0.1) is 7.11 Å². The van der Waals surface area contributed by atoms with E-state index in [1.54, 1.807) is 0 Å². The number of hydrogen-bond acceptors (Lipinski definition) is 4. The van der Waals surface area contributed by atoms with Crippen LogP contribution in [0.3, 0.4) is 0 Å². The van der Waals surface area contributed by atoms with Crippen LogP contribution in [0.2, 0.25) is 0 Å². The van der Waals surface area contributed by atoms with Crippen molar-refractivity contribution < 1.29 is 22.7 Å². The van der Waals surface area contributed by atoms with Crippen LogP contribution in [-0.2, 0) is 11.3 Å². The number of methoxy groups -OCH3 is 1. The fourth-order valence-corrected chi connectivity index (χ4v) is 1.17. The monoisotopic (exact) mass is 234 g/mol. The fourth-order valence-electron chi connectivity index (χ4n) is 1.17. The molecule has 0 atom stereocenters. The summed E-state index contributed by atoms with van der Waals surface area (Å²) < 4.78 is 42.2. The van der Waals surface area contributed by atoms with E-state index in [9.17, 15) is 18.0 Å². The van der Waals surface area contributed by atoms with Crippen molar-refractivity contribution in [2.75, 3.05) is 7.11 Å². The van der Waals surface area contributed by atoms with Crippen molar-refractivity contribution in [1.29, 1.82) is 0 Å². The summed E-state index contributed by atoms with van der Waals surface area (Å²) in [6.45, 7) is -0.260. The van der Waals surface area contributed by atoms with Crippen LogP contribution in [0.4, 0.5) is 13.2 Å². The Labute approximate surface area is 89.2 Å². The minimum atomic E-state index is -2.92. The molecular weight excluding hydrogens is 225 g/mol. The van der Waals surface area contributed by atoms with Crippen LogP contribution in [0, 0.1) is 5.95 Å². The van der Waals surface area contributed by atoms with Crippen LogP contribution in [0.1, 0.15) is 28.0 Å². The zero-order valence-electron chi connectivity index (χ0n) is 8.34. The molecule has 0 unspecified atom stereocenters. The molecule has 16 heavy (non-hydrogen) atoms. The van der Waals surface area contributed by atoms with E-state index in [0.717, 1.165) is 13.2 Å². The van der Waals surface area contributed by atoms with Gasteiger partial charge in [0.25, 0.3) is 6.43 Å². The third kappa shape index (κ3) is 2.30. The van der Waals surface area contributed by atoms with Gasteiger partial charge in [-0.25, -0.2) is 18.6 Å². The number of rotatable bonds is 3. The van der Waals surface area contributed by atoms with Crippen molar-refractivity contribution in [3.63, 3.8) is 0 Å². The first-order valence-electron chi connectivity index (χ1n) is 4.27. The van der Waals surface area contributed by atoms with E-state index >= 15 is 0 Å². The molecule has 1 aromatic heterocycles. The second-order valence-electron chi connectivity index (χ2n) is 2.87. The van der Waals surface area contributed by atoms with Gasteiger partial charge < -0.3 is 10.5 Å². The van der Waals surface area contributed by atoms with Gasteiger partial charge in [-0.2, -0.15) is 4.39 Å². The summed E-state index contributed by atoms with van der Waals surface area (Å²) in [7, 11) is 1.04. The van der Waals surface area contributed by atoms with E-state index in [2.05, 4.69) is 9.72 Å². The quantitative estimate of drug-likeness (QED) is 0.634. The zero-order valence-corrected chi connectivity index (χ0v) is 8.34. The van der Waals surface area contributed by atoms with Gasteiger partial charge in [-0.05, 0) is 11.6 Å². The van der Waals surface area contributed by atoms with Crippen LogP contribution in [0.25, 0.3) is 0 Å². The largest absolute Gasteiger partial charge is 0.465 e. The number of hydrogen-bond donors (Lipinski definition) is 1. The third-order valence-corrected chi connectivity index (χ3v) is 1.91. The number of halogens is 3. The Morgan fingerprint density at radius 1 is 1.62 bits per heavy atom. The number of carbonyl (C=O) groups is 1. The van der Waals surface area contributed by atoms with Gasteiger partial charge in [-0.15, -0.1) is 0 Å². The average molecular weight is 234 g/mol. The predicted octanol–water partition coefficient (Wildman–Crippen LogP) is 1.40. The van der Waals surface area contributed by atoms with E-state index in [1.165, 1.54) is 0 Å². The first kappa shape index (κ1) is 12.4. The van der Waals surface area contributed by atoms with Crippen LogP contribution in [0.15, 0.2) is 6.07 Å². The molecular formula is C9H9F3N2O2. The smallest absolute Gasteiger partial charge is 0.342 e. The molecule has 0 spiro atoms. The summed E-state index contributed by atoms with van der Waals surface area (Å²) >= 11 is 0. The summed E-state index contributed by atoms with van der Waals surface area (Å²) in [5, 5.41) is 0. The molecule has 0 bridgehead atoms. The normalized spacial score (nSPS) is 10.6. The van der Waals surface area contributed by atoms with Crippen molar-refractivity contribution in [2.45, 2.75) is 13.0 Å². The average Bonchev–Trinajstić information content (AvgIpc) is 2.26. The number of alkyl halides is 2. The second-order valence-corrected chi connectivity index (χ2v) is 2.87. The van der Waals surface area contributed by atoms with Crippen LogP contribution < -0.4 is 5.73 Å². The first-order chi connectivity index (χ1) is 7.51. The summed E-state index contributed by atoms with van der Waals surface area (Å²) in [5.74, 6) is -2.30. The number of ether oxygens (including phenoxy) is 1. The summed E-state index contributed by atoms with van der Waals surface area (Å²) in [4.78, 5) is 14.1. The molecule has 2 N–H and O–H groups in total. The Kier molecular flexibility index (Phi) is 3.83. The maximum Gasteiger partial charge on any atom is 0.342 e. The summed E-state index contributed by atoms with van der Waals surface area (Å²) in [5.41, 5.74) is 3.91. The van der Waals surface area contributed by atoms with Crippen molar-refractivity contribution in [1.82, 2.24) is 4.98 Å². The lowest BCUT2D eigenvalue weighted by molar-refractivity contribution is 0.0591. The van der Waals surface area contributed by atoms with Crippen LogP contribution in [-0.4, -0.2) is 18.1 Å². The van der Waals surface area contributed by atoms with Crippen LogP contribution in [0.5, 0.6) is 0 Å². The number of nitrogens with two attached hydrogens (primary N) is 1. The lowest BCUT2D eigenvalue weighted by Crippen LogP contribution is -2.14. The standard InChI is InChI=1S/C9H9F3N2O2/c1-16-9(15)6-4(3-13)2-5(7(10)11)14-8(6)12/h2,7H,3,13H2,1H3. The lowest BCUT2D eigenvalue weighted by atomic mass is 10.1. The third-order valence-electron chi connectivity index (χ3n) is 1.91. The van der Waals surface area contributed by atoms with Crippen molar-refractivity contribution in [3.05, 3.63) is 28.8 Å². The fraction of sp³-hybridized carbons (Fsp3) is 0.333. The Morgan fingerprint density at radius 2 is 2.25 bits per heavy atom. The van der Waals surface area contributed by atoms with Gasteiger partial charge >= 0.3 is 5.97 Å². The van der Waals surface area contributed by atoms with Crippen LogP contribution >= 0.6 is 0 Å². The number of pyridine rings is 1. The highest BCUT2D eigenvalue weighted by molar-refractivity contribution is 5.91. The molecule has 1 heterocycles. The maximum atomic E-state index is 13.3. The van der Waals surface area contributed by atoms with Crippen molar-refractivity contribution in [3.8, 4) is 0 Å². The van der Waals surface area contributed by atoms with Gasteiger partial charge in [0.15, 0.2) is 0 Å². The van der Waals surface area contributed by atoms with Gasteiger partial charge in [-0.1, -0.05) is 0 Å². The molecule has 0 aromatic carbocycles. The Bertz CT molecular complexity index is 410. The van der Waals surface area contributed by atoms with Gasteiger partial charge in [0, 0.05) is 6.54 Å². The molecule has 0 aliphatic heterocycles. The lowest BCUT2D eigenvalue weighted by Gasteiger charge is -2.08. The van der Waals surface area contributed by atoms with Gasteiger partial charge in [-0.3, -0.25) is 0 Å². The Balaban J connectivity index is 3.34. The van der Waals surface area contributed by atoms with Gasteiger partial charge in [0.1, 0.15) is 11.3 Å². The summed E-state index contributed by atoms with van der Waals surface area (Å²) in [6.07, 6.45) is -2.92. The molecule has 1 rings (SSSR count). The number of esters is 1. The van der Waals surface area contributed by atoms with E-state index in [4.69, 9.17) is 5.73 Å². The molecule has 0 aliphatic rings. The predicted molar refractivity (Wildman–Crippen MR) is 48.4 cm³/mol. The highest BCUT2D eigenvalue weighted by Gasteiger charge is 2.22. The second kappa shape index (κ2) is 4.93. The molecule has 88 valence electrons. The first-order valence-corrected chi connectivity index (χ1v) is 4.27. The Hall–Kier alpha value is -1.63. The van der Waals surface area contributed by atoms with E-state index < -0.39 is 29.6 Å². The van der Waals surface area contributed by atoms with E-state index in [1.807, 2.05) is 0 Å². The summed E-state index contributed by atoms with van der Waals surface area (Å²) in [6, 6.07) is 0.889. The minimum Gasteiger partial charge on any atom is -0.465 e. The molecule has 4 nitrogen and oxygen atoms in total. The number of nitrogens with zero attached hydrogens (tertiary/aromatic N) is 1. The SMILES string of the molecule is COC(=O)c1c(CN)cc(C(F)F)nc1F. The molecule has 0 saturated heterocycles.